The molecule has 18 heavy (non-hydrogen) atoms. The minimum atomic E-state index is 0.803. The van der Waals surface area contributed by atoms with Gasteiger partial charge in [0.2, 0.25) is 0 Å². The maximum Gasteiger partial charge on any atom is 0.197 e. The van der Waals surface area contributed by atoms with Crippen LogP contribution < -0.4 is 11.3 Å². The van der Waals surface area contributed by atoms with Gasteiger partial charge in [0.05, 0.1) is 0 Å². The molecule has 2 aliphatic rings. The zero-order valence-corrected chi connectivity index (χ0v) is 11.5. The lowest BCUT2D eigenvalue weighted by Gasteiger charge is -2.34. The molecule has 1 saturated carbocycles. The summed E-state index contributed by atoms with van der Waals surface area (Å²) in [4.78, 5) is 10.6. The SMILES string of the molecule is NNc1ncc(CN2CCN(CC3CC3)CC2)s1. The Morgan fingerprint density at radius 1 is 1.28 bits per heavy atom. The molecule has 1 aliphatic heterocycles. The van der Waals surface area contributed by atoms with Crippen LogP contribution in [0.25, 0.3) is 0 Å². The maximum atomic E-state index is 5.34. The van der Waals surface area contributed by atoms with Crippen LogP contribution in [-0.4, -0.2) is 47.5 Å². The van der Waals surface area contributed by atoms with Gasteiger partial charge in [-0.3, -0.25) is 10.3 Å². The molecule has 1 saturated heterocycles. The summed E-state index contributed by atoms with van der Waals surface area (Å²) >= 11 is 1.65. The van der Waals surface area contributed by atoms with Gasteiger partial charge in [0.15, 0.2) is 5.13 Å². The van der Waals surface area contributed by atoms with E-state index in [0.29, 0.717) is 0 Å². The molecule has 0 aromatic carbocycles. The summed E-state index contributed by atoms with van der Waals surface area (Å²) in [6.45, 7) is 7.13. The Morgan fingerprint density at radius 2 is 2.00 bits per heavy atom. The minimum Gasteiger partial charge on any atom is -0.301 e. The molecule has 2 fully saturated rings. The van der Waals surface area contributed by atoms with E-state index in [4.69, 9.17) is 5.84 Å². The van der Waals surface area contributed by atoms with Crippen LogP contribution in [0.2, 0.25) is 0 Å². The molecule has 0 amide bonds. The Hall–Kier alpha value is -0.690. The molecule has 0 bridgehead atoms. The number of hydrazine groups is 1. The van der Waals surface area contributed by atoms with Crippen LogP contribution in [0.15, 0.2) is 6.20 Å². The average Bonchev–Trinajstić information content (AvgIpc) is 3.09. The van der Waals surface area contributed by atoms with Crippen LogP contribution in [0.1, 0.15) is 17.7 Å². The largest absolute Gasteiger partial charge is 0.301 e. The number of thiazole rings is 1. The van der Waals surface area contributed by atoms with Gasteiger partial charge in [-0.2, -0.15) is 0 Å². The van der Waals surface area contributed by atoms with Crippen LogP contribution in [0.3, 0.4) is 0 Å². The van der Waals surface area contributed by atoms with E-state index in [1.54, 1.807) is 11.3 Å². The third-order valence-electron chi connectivity index (χ3n) is 3.73. The van der Waals surface area contributed by atoms with Crippen molar-refractivity contribution >= 4 is 16.5 Å². The van der Waals surface area contributed by atoms with E-state index in [9.17, 15) is 0 Å². The second-order valence-corrected chi connectivity index (χ2v) is 6.41. The second-order valence-electron chi connectivity index (χ2n) is 5.30. The molecule has 1 aliphatic carbocycles. The van der Waals surface area contributed by atoms with Crippen molar-refractivity contribution in [3.63, 3.8) is 0 Å². The number of piperazine rings is 1. The number of hydrogen-bond donors (Lipinski definition) is 2. The smallest absolute Gasteiger partial charge is 0.197 e. The summed E-state index contributed by atoms with van der Waals surface area (Å²) in [5, 5.41) is 0.803. The van der Waals surface area contributed by atoms with Crippen molar-refractivity contribution < 1.29 is 0 Å². The molecular weight excluding hydrogens is 246 g/mol. The molecule has 100 valence electrons. The highest BCUT2D eigenvalue weighted by Gasteiger charge is 2.26. The first-order chi connectivity index (χ1) is 8.83. The predicted octanol–water partition coefficient (Wildman–Crippen LogP) is 0.956. The summed E-state index contributed by atoms with van der Waals surface area (Å²) < 4.78 is 0. The van der Waals surface area contributed by atoms with Crippen molar-refractivity contribution in [3.8, 4) is 0 Å². The molecular formula is C12H21N5S. The zero-order chi connectivity index (χ0) is 12.4. The lowest BCUT2D eigenvalue weighted by molar-refractivity contribution is 0.124. The van der Waals surface area contributed by atoms with Crippen LogP contribution in [0.4, 0.5) is 5.13 Å². The normalized spacial score (nSPS) is 22.3. The monoisotopic (exact) mass is 267 g/mol. The number of nitrogen functional groups attached to an aromatic ring is 1. The number of aromatic nitrogens is 1. The van der Waals surface area contributed by atoms with Crippen LogP contribution in [-0.2, 0) is 6.54 Å². The van der Waals surface area contributed by atoms with E-state index in [0.717, 1.165) is 17.6 Å². The van der Waals surface area contributed by atoms with Crippen molar-refractivity contribution in [1.82, 2.24) is 14.8 Å². The number of nitrogens with two attached hydrogens (primary N) is 1. The Labute approximate surface area is 112 Å². The minimum absolute atomic E-state index is 0.803. The quantitative estimate of drug-likeness (QED) is 0.615. The van der Waals surface area contributed by atoms with Gasteiger partial charge in [-0.25, -0.2) is 10.8 Å². The highest BCUT2D eigenvalue weighted by molar-refractivity contribution is 7.15. The molecule has 1 aromatic heterocycles. The molecule has 0 radical (unpaired) electrons. The van der Waals surface area contributed by atoms with E-state index in [-0.39, 0.29) is 0 Å². The molecule has 0 spiro atoms. The van der Waals surface area contributed by atoms with Crippen molar-refractivity contribution in [2.75, 3.05) is 38.1 Å². The Morgan fingerprint density at radius 3 is 2.61 bits per heavy atom. The van der Waals surface area contributed by atoms with Gasteiger partial charge in [0, 0.05) is 50.3 Å². The predicted molar refractivity (Wildman–Crippen MR) is 74.4 cm³/mol. The lowest BCUT2D eigenvalue weighted by atomic mass is 10.2. The number of anilines is 1. The van der Waals surface area contributed by atoms with Gasteiger partial charge in [-0.1, -0.05) is 11.3 Å². The summed E-state index contributed by atoms with van der Waals surface area (Å²) in [5.41, 5.74) is 2.60. The summed E-state index contributed by atoms with van der Waals surface area (Å²) in [7, 11) is 0. The lowest BCUT2D eigenvalue weighted by Crippen LogP contribution is -2.46. The maximum absolute atomic E-state index is 5.34. The molecule has 5 nitrogen and oxygen atoms in total. The summed E-state index contributed by atoms with van der Waals surface area (Å²) in [5.74, 6) is 6.35. The van der Waals surface area contributed by atoms with Crippen molar-refractivity contribution in [2.24, 2.45) is 11.8 Å². The Kier molecular flexibility index (Phi) is 3.79. The molecule has 0 atom stereocenters. The van der Waals surface area contributed by atoms with Crippen LogP contribution >= 0.6 is 11.3 Å². The molecule has 3 rings (SSSR count). The van der Waals surface area contributed by atoms with Gasteiger partial charge in [-0.15, -0.1) is 0 Å². The Bertz CT molecular complexity index is 382. The topological polar surface area (TPSA) is 57.4 Å². The standard InChI is InChI=1S/C12H21N5S/c13-15-12-14-7-11(18-12)9-17-5-3-16(4-6-17)8-10-1-2-10/h7,10H,1-6,8-9,13H2,(H,14,15). The van der Waals surface area contributed by atoms with Crippen LogP contribution in [0.5, 0.6) is 0 Å². The number of hydrogen-bond acceptors (Lipinski definition) is 6. The highest BCUT2D eigenvalue weighted by atomic mass is 32.1. The second kappa shape index (κ2) is 5.52. The number of nitrogens with one attached hydrogen (secondary N) is 1. The van der Waals surface area contributed by atoms with E-state index in [2.05, 4.69) is 20.2 Å². The van der Waals surface area contributed by atoms with E-state index in [1.807, 2.05) is 6.20 Å². The van der Waals surface area contributed by atoms with Gasteiger partial charge < -0.3 is 4.90 Å². The fourth-order valence-electron chi connectivity index (χ4n) is 2.46. The van der Waals surface area contributed by atoms with Gasteiger partial charge in [0.1, 0.15) is 0 Å². The molecule has 3 N–H and O–H groups in total. The third-order valence-corrected chi connectivity index (χ3v) is 4.65. The number of nitrogens with zero attached hydrogens (tertiary/aromatic N) is 3. The van der Waals surface area contributed by atoms with Gasteiger partial charge in [0.25, 0.3) is 0 Å². The van der Waals surface area contributed by atoms with E-state index in [1.165, 1.54) is 50.4 Å². The average molecular weight is 267 g/mol. The van der Waals surface area contributed by atoms with Crippen molar-refractivity contribution in [2.45, 2.75) is 19.4 Å². The molecule has 6 heteroatoms. The Balaban J connectivity index is 1.44. The fourth-order valence-corrected chi connectivity index (χ4v) is 3.23. The van der Waals surface area contributed by atoms with Gasteiger partial charge >= 0.3 is 0 Å². The molecule has 2 heterocycles. The first kappa shape index (κ1) is 12.3. The number of rotatable bonds is 5. The zero-order valence-electron chi connectivity index (χ0n) is 10.6. The van der Waals surface area contributed by atoms with Crippen molar-refractivity contribution in [3.05, 3.63) is 11.1 Å². The van der Waals surface area contributed by atoms with E-state index < -0.39 is 0 Å². The highest BCUT2D eigenvalue weighted by Crippen LogP contribution is 2.30. The van der Waals surface area contributed by atoms with Crippen molar-refractivity contribution in [1.29, 1.82) is 0 Å². The first-order valence-electron chi connectivity index (χ1n) is 6.69. The first-order valence-corrected chi connectivity index (χ1v) is 7.51. The van der Waals surface area contributed by atoms with Gasteiger partial charge in [-0.05, 0) is 18.8 Å². The summed E-state index contributed by atoms with van der Waals surface area (Å²) in [6.07, 6.45) is 4.84. The molecule has 1 aromatic rings. The van der Waals surface area contributed by atoms with Crippen LogP contribution in [0, 0.1) is 5.92 Å². The fraction of sp³-hybridized carbons (Fsp3) is 0.750. The molecule has 0 unspecified atom stereocenters. The third kappa shape index (κ3) is 3.20. The summed E-state index contributed by atoms with van der Waals surface area (Å²) in [6, 6.07) is 0. The van der Waals surface area contributed by atoms with E-state index >= 15 is 0 Å².